The number of hydrogen-bond donors (Lipinski definition) is 0. The minimum absolute atomic E-state index is 0.188. The molecule has 0 N–H and O–H groups in total. The number of nitrogens with zero attached hydrogens (tertiary/aromatic N) is 1. The third kappa shape index (κ3) is 3.19. The molecule has 0 spiro atoms. The molecule has 0 aliphatic carbocycles. The van der Waals surface area contributed by atoms with Crippen molar-refractivity contribution >= 4 is 0 Å². The standard InChI is InChI=1S/C23H20FN/c1-5-20-21(17-11-13-19(24)14-12-17)16(4)23(25-22(20)15(2)3)18-9-7-6-8-10-18/h1,6-15H,2-4H3. The van der Waals surface area contributed by atoms with Crippen LogP contribution in [-0.2, 0) is 0 Å². The zero-order valence-corrected chi connectivity index (χ0v) is 14.7. The third-order valence-electron chi connectivity index (χ3n) is 4.34. The maximum atomic E-state index is 13.4. The predicted molar refractivity (Wildman–Crippen MR) is 102 cm³/mol. The van der Waals surface area contributed by atoms with Crippen LogP contribution in [0.4, 0.5) is 4.39 Å². The van der Waals surface area contributed by atoms with Crippen LogP contribution in [0.25, 0.3) is 22.4 Å². The Kier molecular flexibility index (Phi) is 4.67. The van der Waals surface area contributed by atoms with Crippen LogP contribution in [-0.4, -0.2) is 4.98 Å². The molecule has 0 saturated heterocycles. The van der Waals surface area contributed by atoms with E-state index >= 15 is 0 Å². The van der Waals surface area contributed by atoms with Crippen LogP contribution in [0.2, 0.25) is 0 Å². The van der Waals surface area contributed by atoms with Crippen molar-refractivity contribution in [3.05, 3.63) is 77.2 Å². The molecule has 0 aliphatic rings. The van der Waals surface area contributed by atoms with Crippen molar-refractivity contribution in [2.45, 2.75) is 26.7 Å². The molecular formula is C23H20FN. The number of pyridine rings is 1. The zero-order chi connectivity index (χ0) is 18.0. The van der Waals surface area contributed by atoms with Crippen molar-refractivity contribution in [2.24, 2.45) is 0 Å². The van der Waals surface area contributed by atoms with Gasteiger partial charge < -0.3 is 0 Å². The topological polar surface area (TPSA) is 12.9 Å². The molecule has 0 radical (unpaired) electrons. The first-order valence-electron chi connectivity index (χ1n) is 8.35. The van der Waals surface area contributed by atoms with Crippen LogP contribution in [0.1, 0.15) is 36.6 Å². The summed E-state index contributed by atoms with van der Waals surface area (Å²) in [5, 5.41) is 0. The van der Waals surface area contributed by atoms with Gasteiger partial charge in [0.1, 0.15) is 5.82 Å². The number of halogens is 1. The Bertz CT molecular complexity index is 933. The summed E-state index contributed by atoms with van der Waals surface area (Å²) in [5.41, 5.74) is 6.53. The van der Waals surface area contributed by atoms with Crippen molar-refractivity contribution in [3.63, 3.8) is 0 Å². The Balaban J connectivity index is 2.37. The number of aromatic nitrogens is 1. The Morgan fingerprint density at radius 2 is 1.60 bits per heavy atom. The molecule has 1 nitrogen and oxygen atoms in total. The van der Waals surface area contributed by atoms with E-state index in [1.54, 1.807) is 12.1 Å². The van der Waals surface area contributed by atoms with E-state index in [4.69, 9.17) is 11.4 Å². The fraction of sp³-hybridized carbons (Fsp3) is 0.174. The molecule has 0 unspecified atom stereocenters. The molecule has 3 aromatic rings. The molecule has 0 aliphatic heterocycles. The molecular weight excluding hydrogens is 309 g/mol. The van der Waals surface area contributed by atoms with Gasteiger partial charge in [0.25, 0.3) is 0 Å². The van der Waals surface area contributed by atoms with Crippen LogP contribution in [0.5, 0.6) is 0 Å². The lowest BCUT2D eigenvalue weighted by molar-refractivity contribution is 0.628. The van der Waals surface area contributed by atoms with E-state index in [-0.39, 0.29) is 11.7 Å². The lowest BCUT2D eigenvalue weighted by atomic mass is 9.89. The lowest BCUT2D eigenvalue weighted by Gasteiger charge is -2.19. The Labute approximate surface area is 148 Å². The zero-order valence-electron chi connectivity index (χ0n) is 14.7. The number of hydrogen-bond acceptors (Lipinski definition) is 1. The Morgan fingerprint density at radius 1 is 0.960 bits per heavy atom. The maximum absolute atomic E-state index is 13.4. The molecule has 0 fully saturated rings. The van der Waals surface area contributed by atoms with E-state index in [0.717, 1.165) is 39.2 Å². The second-order valence-electron chi connectivity index (χ2n) is 6.39. The fourth-order valence-electron chi connectivity index (χ4n) is 3.11. The van der Waals surface area contributed by atoms with Crippen LogP contribution >= 0.6 is 0 Å². The highest BCUT2D eigenvalue weighted by atomic mass is 19.1. The highest BCUT2D eigenvalue weighted by molar-refractivity contribution is 5.81. The minimum atomic E-state index is -0.259. The van der Waals surface area contributed by atoms with Crippen LogP contribution in [0.15, 0.2) is 54.6 Å². The molecule has 124 valence electrons. The maximum Gasteiger partial charge on any atom is 0.123 e. The first-order valence-corrected chi connectivity index (χ1v) is 8.35. The summed E-state index contributed by atoms with van der Waals surface area (Å²) in [6.07, 6.45) is 5.85. The van der Waals surface area contributed by atoms with Crippen LogP contribution < -0.4 is 0 Å². The second-order valence-corrected chi connectivity index (χ2v) is 6.39. The quantitative estimate of drug-likeness (QED) is 0.540. The van der Waals surface area contributed by atoms with Crippen molar-refractivity contribution < 1.29 is 4.39 Å². The van der Waals surface area contributed by atoms with Crippen molar-refractivity contribution in [2.75, 3.05) is 0 Å². The summed E-state index contributed by atoms with van der Waals surface area (Å²) in [7, 11) is 0. The van der Waals surface area contributed by atoms with E-state index in [1.807, 2.05) is 37.3 Å². The van der Waals surface area contributed by atoms with Gasteiger partial charge in [-0.05, 0) is 36.1 Å². The number of rotatable bonds is 3. The lowest BCUT2D eigenvalue weighted by Crippen LogP contribution is -2.05. The molecule has 1 heterocycles. The highest BCUT2D eigenvalue weighted by Crippen LogP contribution is 2.36. The smallest absolute Gasteiger partial charge is 0.123 e. The minimum Gasteiger partial charge on any atom is -0.251 e. The van der Waals surface area contributed by atoms with Gasteiger partial charge in [0.2, 0.25) is 0 Å². The van der Waals surface area contributed by atoms with E-state index < -0.39 is 0 Å². The van der Waals surface area contributed by atoms with E-state index in [9.17, 15) is 4.39 Å². The molecule has 0 saturated carbocycles. The molecule has 3 rings (SSSR count). The van der Waals surface area contributed by atoms with E-state index in [2.05, 4.69) is 19.8 Å². The fourth-order valence-corrected chi connectivity index (χ4v) is 3.11. The molecule has 0 amide bonds. The highest BCUT2D eigenvalue weighted by Gasteiger charge is 2.20. The van der Waals surface area contributed by atoms with Gasteiger partial charge >= 0.3 is 0 Å². The van der Waals surface area contributed by atoms with Crippen LogP contribution in [0, 0.1) is 25.1 Å². The summed E-state index contributed by atoms with van der Waals surface area (Å²) in [6.45, 7) is 6.20. The van der Waals surface area contributed by atoms with Gasteiger partial charge in [-0.15, -0.1) is 6.42 Å². The van der Waals surface area contributed by atoms with Gasteiger partial charge in [-0.1, -0.05) is 62.2 Å². The monoisotopic (exact) mass is 329 g/mol. The first kappa shape index (κ1) is 16.9. The van der Waals surface area contributed by atoms with Gasteiger partial charge in [-0.2, -0.15) is 0 Å². The molecule has 25 heavy (non-hydrogen) atoms. The molecule has 1 aromatic heterocycles. The van der Waals surface area contributed by atoms with Crippen molar-refractivity contribution in [1.82, 2.24) is 4.98 Å². The van der Waals surface area contributed by atoms with Gasteiger partial charge in [0.05, 0.1) is 17.0 Å². The summed E-state index contributed by atoms with van der Waals surface area (Å²) in [4.78, 5) is 4.90. The number of benzene rings is 2. The molecule has 0 bridgehead atoms. The molecule has 0 atom stereocenters. The summed E-state index contributed by atoms with van der Waals surface area (Å²) in [6, 6.07) is 16.6. The molecule has 2 heteroatoms. The number of terminal acetylenes is 1. The van der Waals surface area contributed by atoms with Gasteiger partial charge in [-0.3, -0.25) is 4.98 Å². The van der Waals surface area contributed by atoms with E-state index in [0.29, 0.717) is 0 Å². The SMILES string of the molecule is C#Cc1c(C(C)C)nc(-c2ccccc2)c(C)c1-c1ccc(F)cc1. The Morgan fingerprint density at radius 3 is 2.16 bits per heavy atom. The summed E-state index contributed by atoms with van der Waals surface area (Å²) >= 11 is 0. The summed E-state index contributed by atoms with van der Waals surface area (Å²) in [5.74, 6) is 2.75. The average molecular weight is 329 g/mol. The summed E-state index contributed by atoms with van der Waals surface area (Å²) < 4.78 is 13.4. The van der Waals surface area contributed by atoms with Crippen molar-refractivity contribution in [3.8, 4) is 34.7 Å². The molecule has 2 aromatic carbocycles. The van der Waals surface area contributed by atoms with Crippen molar-refractivity contribution in [1.29, 1.82) is 0 Å². The normalized spacial score (nSPS) is 10.7. The third-order valence-corrected chi connectivity index (χ3v) is 4.34. The van der Waals surface area contributed by atoms with Gasteiger partial charge in [0, 0.05) is 11.1 Å². The predicted octanol–water partition coefficient (Wildman–Crippen LogP) is 5.97. The first-order chi connectivity index (χ1) is 12.0. The Hall–Kier alpha value is -2.92. The van der Waals surface area contributed by atoms with Gasteiger partial charge in [-0.25, -0.2) is 4.39 Å². The van der Waals surface area contributed by atoms with Gasteiger partial charge in [0.15, 0.2) is 0 Å². The van der Waals surface area contributed by atoms with E-state index in [1.165, 1.54) is 12.1 Å². The largest absolute Gasteiger partial charge is 0.251 e. The average Bonchev–Trinajstić information content (AvgIpc) is 2.62. The second kappa shape index (κ2) is 6.91. The van der Waals surface area contributed by atoms with Crippen LogP contribution in [0.3, 0.4) is 0 Å².